The van der Waals surface area contributed by atoms with E-state index in [0.717, 1.165) is 0 Å². The Morgan fingerprint density at radius 3 is 2.31 bits per heavy atom. The minimum atomic E-state index is -0.685. The maximum atomic E-state index is 10.7. The second-order valence-electron chi connectivity index (χ2n) is 2.71. The molecule has 0 saturated carbocycles. The molecule has 0 unspecified atom stereocenters. The Morgan fingerprint density at radius 1 is 1.31 bits per heavy atom. The first-order valence-electron chi connectivity index (χ1n) is 3.95. The molecule has 0 atom stereocenters. The molecule has 1 aliphatic rings. The molecule has 0 bridgehead atoms. The summed E-state index contributed by atoms with van der Waals surface area (Å²) in [6.07, 6.45) is -0.685. The highest BCUT2D eigenvalue weighted by Crippen LogP contribution is 2.32. The van der Waals surface area contributed by atoms with Crippen LogP contribution in [0.2, 0.25) is 0 Å². The lowest BCUT2D eigenvalue weighted by Gasteiger charge is -2.09. The van der Waals surface area contributed by atoms with E-state index in [-0.39, 0.29) is 5.91 Å². The third-order valence-corrected chi connectivity index (χ3v) is 1.64. The van der Waals surface area contributed by atoms with Crippen LogP contribution in [-0.2, 0) is 4.79 Å². The Labute approximate surface area is 75.5 Å². The molecule has 1 amide bonds. The number of para-hydroxylation sites is 2. The van der Waals surface area contributed by atoms with E-state index in [4.69, 9.17) is 9.47 Å². The van der Waals surface area contributed by atoms with Crippen LogP contribution in [-0.4, -0.2) is 12.3 Å². The van der Waals surface area contributed by atoms with E-state index in [1.54, 1.807) is 12.1 Å². The molecule has 0 aliphatic carbocycles. The molecule has 0 radical (unpaired) electrons. The lowest BCUT2D eigenvalue weighted by Crippen LogP contribution is -2.39. The van der Waals surface area contributed by atoms with Gasteiger partial charge in [-0.2, -0.15) is 0 Å². The molecule has 0 spiro atoms. The largest absolute Gasteiger partial charge is 0.433 e. The number of hydrogen-bond acceptors (Lipinski definition) is 3. The van der Waals surface area contributed by atoms with Crippen LogP contribution in [0.5, 0.6) is 11.5 Å². The minimum Gasteiger partial charge on any atom is -0.433 e. The van der Waals surface area contributed by atoms with E-state index in [2.05, 4.69) is 5.32 Å². The third-order valence-electron chi connectivity index (χ3n) is 1.64. The number of benzene rings is 1. The maximum Gasteiger partial charge on any atom is 0.327 e. The monoisotopic (exact) mass is 179 g/mol. The molecule has 1 aromatic rings. The fraction of sp³-hybridized carbons (Fsp3) is 0.222. The van der Waals surface area contributed by atoms with E-state index in [1.807, 2.05) is 12.1 Å². The van der Waals surface area contributed by atoms with Gasteiger partial charge in [0.15, 0.2) is 11.5 Å². The van der Waals surface area contributed by atoms with Gasteiger partial charge in [0.2, 0.25) is 5.91 Å². The predicted molar refractivity (Wildman–Crippen MR) is 45.3 cm³/mol. The molecular formula is C9H9NO3. The zero-order valence-corrected chi connectivity index (χ0v) is 7.11. The highest BCUT2D eigenvalue weighted by atomic mass is 16.7. The van der Waals surface area contributed by atoms with Gasteiger partial charge < -0.3 is 9.47 Å². The topological polar surface area (TPSA) is 47.6 Å². The molecule has 4 heteroatoms. The van der Waals surface area contributed by atoms with Crippen molar-refractivity contribution >= 4 is 5.91 Å². The number of amides is 1. The van der Waals surface area contributed by atoms with Crippen molar-refractivity contribution in [1.29, 1.82) is 0 Å². The Bertz CT molecular complexity index is 312. The van der Waals surface area contributed by atoms with Crippen molar-refractivity contribution in [1.82, 2.24) is 5.32 Å². The van der Waals surface area contributed by atoms with Crippen molar-refractivity contribution < 1.29 is 14.3 Å². The van der Waals surface area contributed by atoms with Crippen LogP contribution in [0.1, 0.15) is 6.92 Å². The summed E-state index contributed by atoms with van der Waals surface area (Å²) in [7, 11) is 0. The van der Waals surface area contributed by atoms with Crippen molar-refractivity contribution in [3.05, 3.63) is 24.3 Å². The second kappa shape index (κ2) is 2.97. The van der Waals surface area contributed by atoms with Crippen LogP contribution in [0.4, 0.5) is 0 Å². The van der Waals surface area contributed by atoms with Gasteiger partial charge in [-0.25, -0.2) is 0 Å². The van der Waals surface area contributed by atoms with Gasteiger partial charge in [-0.1, -0.05) is 12.1 Å². The summed E-state index contributed by atoms with van der Waals surface area (Å²) >= 11 is 0. The van der Waals surface area contributed by atoms with Crippen LogP contribution in [0, 0.1) is 0 Å². The molecule has 1 heterocycles. The fourth-order valence-electron chi connectivity index (χ4n) is 1.12. The normalized spacial score (nSPS) is 14.2. The molecule has 1 N–H and O–H groups in total. The van der Waals surface area contributed by atoms with Crippen LogP contribution in [0.15, 0.2) is 24.3 Å². The van der Waals surface area contributed by atoms with E-state index in [0.29, 0.717) is 11.5 Å². The number of fused-ring (bicyclic) bond motifs is 1. The predicted octanol–water partition coefficient (Wildman–Crippen LogP) is 0.877. The Hall–Kier alpha value is -1.71. The molecule has 0 saturated heterocycles. The van der Waals surface area contributed by atoms with Gasteiger partial charge >= 0.3 is 6.41 Å². The van der Waals surface area contributed by atoms with Crippen molar-refractivity contribution in [3.8, 4) is 11.5 Å². The highest BCUT2D eigenvalue weighted by Gasteiger charge is 2.23. The zero-order valence-electron chi connectivity index (χ0n) is 7.11. The Kier molecular flexibility index (Phi) is 1.81. The average molecular weight is 179 g/mol. The lowest BCUT2D eigenvalue weighted by molar-refractivity contribution is -0.125. The quantitative estimate of drug-likeness (QED) is 0.696. The molecular weight excluding hydrogens is 170 g/mol. The maximum absolute atomic E-state index is 10.7. The van der Waals surface area contributed by atoms with Crippen molar-refractivity contribution in [2.45, 2.75) is 13.3 Å². The number of hydrogen-bond donors (Lipinski definition) is 1. The highest BCUT2D eigenvalue weighted by molar-refractivity contribution is 5.73. The number of nitrogens with one attached hydrogen (secondary N) is 1. The molecule has 2 rings (SSSR count). The smallest absolute Gasteiger partial charge is 0.327 e. The van der Waals surface area contributed by atoms with Crippen LogP contribution in [0.25, 0.3) is 0 Å². The van der Waals surface area contributed by atoms with E-state index in [1.165, 1.54) is 6.92 Å². The SMILES string of the molecule is CC(=O)NC1Oc2ccccc2O1. The third kappa shape index (κ3) is 1.56. The van der Waals surface area contributed by atoms with Crippen molar-refractivity contribution in [3.63, 3.8) is 0 Å². The summed E-state index contributed by atoms with van der Waals surface area (Å²) in [6.45, 7) is 1.41. The van der Waals surface area contributed by atoms with Gasteiger partial charge in [0.25, 0.3) is 0 Å². The molecule has 0 fully saturated rings. The first-order valence-corrected chi connectivity index (χ1v) is 3.95. The first kappa shape index (κ1) is 7.91. The molecule has 0 aromatic heterocycles. The molecule has 13 heavy (non-hydrogen) atoms. The Morgan fingerprint density at radius 2 is 1.85 bits per heavy atom. The van der Waals surface area contributed by atoms with Gasteiger partial charge in [-0.05, 0) is 12.1 Å². The molecule has 68 valence electrons. The van der Waals surface area contributed by atoms with Crippen molar-refractivity contribution in [2.75, 3.05) is 0 Å². The molecule has 1 aromatic carbocycles. The van der Waals surface area contributed by atoms with Crippen LogP contribution in [0.3, 0.4) is 0 Å². The Balaban J connectivity index is 2.09. The summed E-state index contributed by atoms with van der Waals surface area (Å²) in [5, 5.41) is 2.51. The lowest BCUT2D eigenvalue weighted by atomic mass is 10.3. The number of ether oxygens (including phenoxy) is 2. The summed E-state index contributed by atoms with van der Waals surface area (Å²) in [6, 6.07) is 7.27. The summed E-state index contributed by atoms with van der Waals surface area (Å²) < 4.78 is 10.5. The molecule has 1 aliphatic heterocycles. The summed E-state index contributed by atoms with van der Waals surface area (Å²) in [4.78, 5) is 10.7. The van der Waals surface area contributed by atoms with E-state index in [9.17, 15) is 4.79 Å². The first-order chi connectivity index (χ1) is 6.25. The second-order valence-corrected chi connectivity index (χ2v) is 2.71. The van der Waals surface area contributed by atoms with Crippen LogP contribution < -0.4 is 14.8 Å². The molecule has 4 nitrogen and oxygen atoms in total. The number of carbonyl (C=O) groups excluding carboxylic acids is 1. The minimum absolute atomic E-state index is 0.183. The zero-order chi connectivity index (χ0) is 9.26. The summed E-state index contributed by atoms with van der Waals surface area (Å²) in [5.74, 6) is 1.13. The van der Waals surface area contributed by atoms with Gasteiger partial charge in [0.1, 0.15) is 0 Å². The van der Waals surface area contributed by atoms with Gasteiger partial charge in [-0.15, -0.1) is 0 Å². The van der Waals surface area contributed by atoms with Gasteiger partial charge in [-0.3, -0.25) is 10.1 Å². The average Bonchev–Trinajstić information content (AvgIpc) is 2.44. The van der Waals surface area contributed by atoms with E-state index >= 15 is 0 Å². The van der Waals surface area contributed by atoms with Crippen molar-refractivity contribution in [2.24, 2.45) is 0 Å². The van der Waals surface area contributed by atoms with Crippen LogP contribution >= 0.6 is 0 Å². The number of rotatable bonds is 1. The van der Waals surface area contributed by atoms with E-state index < -0.39 is 6.41 Å². The van der Waals surface area contributed by atoms with Gasteiger partial charge in [0, 0.05) is 6.92 Å². The fourth-order valence-corrected chi connectivity index (χ4v) is 1.12. The standard InChI is InChI=1S/C9H9NO3/c1-6(11)10-9-12-7-4-2-3-5-8(7)13-9/h2-5,9H,1H3,(H,10,11). The van der Waals surface area contributed by atoms with Gasteiger partial charge in [0.05, 0.1) is 0 Å². The number of carbonyl (C=O) groups is 1. The summed E-state index contributed by atoms with van der Waals surface area (Å²) in [5.41, 5.74) is 0.